The van der Waals surface area contributed by atoms with Crippen LogP contribution >= 0.6 is 0 Å². The molecule has 1 aliphatic rings. The van der Waals surface area contributed by atoms with Gasteiger partial charge in [-0.2, -0.15) is 0 Å². The SMILES string of the molecule is NC1CCC(F)(Cc2cccc(O)c2)CC1. The zero-order chi connectivity index (χ0) is 11.6. The molecule has 0 atom stereocenters. The molecule has 1 aromatic carbocycles. The van der Waals surface area contributed by atoms with Crippen LogP contribution in [0.1, 0.15) is 31.2 Å². The van der Waals surface area contributed by atoms with E-state index >= 15 is 0 Å². The van der Waals surface area contributed by atoms with Crippen LogP contribution in [0, 0.1) is 0 Å². The fraction of sp³-hybridized carbons (Fsp3) is 0.538. The van der Waals surface area contributed by atoms with E-state index in [0.717, 1.165) is 18.4 Å². The van der Waals surface area contributed by atoms with Crippen LogP contribution in [0.2, 0.25) is 0 Å². The molecular weight excluding hydrogens is 205 g/mol. The van der Waals surface area contributed by atoms with E-state index in [1.54, 1.807) is 18.2 Å². The fourth-order valence-corrected chi connectivity index (χ4v) is 2.37. The van der Waals surface area contributed by atoms with Crippen LogP contribution in [0.4, 0.5) is 4.39 Å². The van der Waals surface area contributed by atoms with Gasteiger partial charge in [0.15, 0.2) is 0 Å². The Morgan fingerprint density at radius 2 is 2.06 bits per heavy atom. The number of nitrogens with two attached hydrogens (primary N) is 1. The number of rotatable bonds is 2. The number of hydrogen-bond donors (Lipinski definition) is 2. The van der Waals surface area contributed by atoms with Gasteiger partial charge in [0.2, 0.25) is 0 Å². The highest BCUT2D eigenvalue weighted by molar-refractivity contribution is 5.28. The van der Waals surface area contributed by atoms with Crippen LogP contribution in [-0.2, 0) is 6.42 Å². The molecule has 0 aliphatic heterocycles. The molecule has 1 saturated carbocycles. The first kappa shape index (κ1) is 11.4. The smallest absolute Gasteiger partial charge is 0.115 e. The lowest BCUT2D eigenvalue weighted by molar-refractivity contribution is 0.0994. The Morgan fingerprint density at radius 1 is 1.38 bits per heavy atom. The van der Waals surface area contributed by atoms with Gasteiger partial charge < -0.3 is 10.8 Å². The molecule has 1 fully saturated rings. The highest BCUT2D eigenvalue weighted by atomic mass is 19.1. The molecule has 2 nitrogen and oxygen atoms in total. The Hall–Kier alpha value is -1.09. The quantitative estimate of drug-likeness (QED) is 0.809. The predicted octanol–water partition coefficient (Wildman–Crippen LogP) is 2.54. The van der Waals surface area contributed by atoms with Crippen molar-refractivity contribution in [2.45, 2.75) is 43.8 Å². The van der Waals surface area contributed by atoms with Crippen molar-refractivity contribution in [1.29, 1.82) is 0 Å². The molecule has 1 aromatic rings. The van der Waals surface area contributed by atoms with Crippen molar-refractivity contribution in [3.05, 3.63) is 29.8 Å². The summed E-state index contributed by atoms with van der Waals surface area (Å²) < 4.78 is 14.4. The van der Waals surface area contributed by atoms with Gasteiger partial charge in [-0.25, -0.2) is 4.39 Å². The molecule has 0 aromatic heterocycles. The molecule has 0 bridgehead atoms. The van der Waals surface area contributed by atoms with E-state index in [-0.39, 0.29) is 11.8 Å². The van der Waals surface area contributed by atoms with Gasteiger partial charge in [0.25, 0.3) is 0 Å². The highest BCUT2D eigenvalue weighted by Crippen LogP contribution is 2.34. The van der Waals surface area contributed by atoms with E-state index in [2.05, 4.69) is 0 Å². The minimum Gasteiger partial charge on any atom is -0.508 e. The summed E-state index contributed by atoms with van der Waals surface area (Å²) in [4.78, 5) is 0. The largest absolute Gasteiger partial charge is 0.508 e. The molecule has 2 rings (SSSR count). The minimum absolute atomic E-state index is 0.160. The van der Waals surface area contributed by atoms with Gasteiger partial charge in [-0.1, -0.05) is 12.1 Å². The Balaban J connectivity index is 2.03. The maximum absolute atomic E-state index is 14.4. The van der Waals surface area contributed by atoms with Crippen LogP contribution in [-0.4, -0.2) is 16.8 Å². The zero-order valence-corrected chi connectivity index (χ0v) is 9.32. The van der Waals surface area contributed by atoms with E-state index in [4.69, 9.17) is 5.73 Å². The first-order valence-electron chi connectivity index (χ1n) is 5.80. The minimum atomic E-state index is -1.14. The van der Waals surface area contributed by atoms with Crippen molar-refractivity contribution in [2.24, 2.45) is 5.73 Å². The number of benzene rings is 1. The predicted molar refractivity (Wildman–Crippen MR) is 62.1 cm³/mol. The van der Waals surface area contributed by atoms with Crippen LogP contribution in [0.5, 0.6) is 5.75 Å². The van der Waals surface area contributed by atoms with Crippen molar-refractivity contribution in [2.75, 3.05) is 0 Å². The maximum Gasteiger partial charge on any atom is 0.115 e. The number of aromatic hydroxyl groups is 1. The lowest BCUT2D eigenvalue weighted by Gasteiger charge is -2.32. The zero-order valence-electron chi connectivity index (χ0n) is 9.32. The third-order valence-corrected chi connectivity index (χ3v) is 3.36. The van der Waals surface area contributed by atoms with Gasteiger partial charge in [-0.3, -0.25) is 0 Å². The van der Waals surface area contributed by atoms with Crippen molar-refractivity contribution in [3.63, 3.8) is 0 Å². The lowest BCUT2D eigenvalue weighted by Crippen LogP contribution is -2.37. The topological polar surface area (TPSA) is 46.2 Å². The number of phenolic OH excluding ortho intramolecular Hbond substituents is 1. The summed E-state index contributed by atoms with van der Waals surface area (Å²) in [5.41, 5.74) is 5.49. The molecule has 0 heterocycles. The number of hydrogen-bond acceptors (Lipinski definition) is 2. The van der Waals surface area contributed by atoms with Crippen LogP contribution < -0.4 is 5.73 Å². The molecule has 3 heteroatoms. The summed E-state index contributed by atoms with van der Waals surface area (Å²) >= 11 is 0. The summed E-state index contributed by atoms with van der Waals surface area (Å²) in [6.45, 7) is 0. The maximum atomic E-state index is 14.4. The van der Waals surface area contributed by atoms with Crippen LogP contribution in [0.15, 0.2) is 24.3 Å². The van der Waals surface area contributed by atoms with E-state index in [1.807, 2.05) is 6.07 Å². The average molecular weight is 223 g/mol. The van der Waals surface area contributed by atoms with Crippen molar-refractivity contribution >= 4 is 0 Å². The van der Waals surface area contributed by atoms with Gasteiger partial charge in [0.1, 0.15) is 11.4 Å². The van der Waals surface area contributed by atoms with Gasteiger partial charge in [0, 0.05) is 12.5 Å². The van der Waals surface area contributed by atoms with Crippen molar-refractivity contribution in [1.82, 2.24) is 0 Å². The summed E-state index contributed by atoms with van der Waals surface area (Å²) in [5.74, 6) is 0.202. The normalized spacial score (nSPS) is 30.2. The average Bonchev–Trinajstić information content (AvgIpc) is 2.23. The van der Waals surface area contributed by atoms with Gasteiger partial charge in [-0.15, -0.1) is 0 Å². The van der Waals surface area contributed by atoms with E-state index in [1.165, 1.54) is 0 Å². The molecule has 0 radical (unpaired) electrons. The third kappa shape index (κ3) is 2.73. The molecule has 3 N–H and O–H groups in total. The second-order valence-corrected chi connectivity index (χ2v) is 4.83. The molecule has 0 amide bonds. The third-order valence-electron chi connectivity index (χ3n) is 3.36. The number of alkyl halides is 1. The number of halogens is 1. The van der Waals surface area contributed by atoms with Crippen molar-refractivity contribution in [3.8, 4) is 5.75 Å². The lowest BCUT2D eigenvalue weighted by atomic mass is 9.80. The van der Waals surface area contributed by atoms with Gasteiger partial charge >= 0.3 is 0 Å². The van der Waals surface area contributed by atoms with E-state index in [0.29, 0.717) is 19.3 Å². The monoisotopic (exact) mass is 223 g/mol. The molecule has 88 valence electrons. The molecule has 1 aliphatic carbocycles. The Bertz CT molecular complexity index is 359. The first-order chi connectivity index (χ1) is 7.57. The summed E-state index contributed by atoms with van der Waals surface area (Å²) in [6.07, 6.45) is 2.96. The highest BCUT2D eigenvalue weighted by Gasteiger charge is 2.34. The molecular formula is C13H18FNO. The standard InChI is InChI=1S/C13H18FNO/c14-13(6-4-11(15)5-7-13)9-10-2-1-3-12(16)8-10/h1-3,8,11,16H,4-7,9,15H2. The Morgan fingerprint density at radius 3 is 2.69 bits per heavy atom. The number of phenols is 1. The second kappa shape index (κ2) is 4.42. The molecule has 0 saturated heterocycles. The summed E-state index contributed by atoms with van der Waals surface area (Å²) in [5, 5.41) is 9.33. The molecule has 16 heavy (non-hydrogen) atoms. The van der Waals surface area contributed by atoms with Crippen LogP contribution in [0.25, 0.3) is 0 Å². The van der Waals surface area contributed by atoms with E-state index < -0.39 is 5.67 Å². The van der Waals surface area contributed by atoms with E-state index in [9.17, 15) is 9.50 Å². The fourth-order valence-electron chi connectivity index (χ4n) is 2.37. The Kier molecular flexibility index (Phi) is 3.15. The van der Waals surface area contributed by atoms with Gasteiger partial charge in [0.05, 0.1) is 0 Å². The molecule has 0 spiro atoms. The second-order valence-electron chi connectivity index (χ2n) is 4.83. The Labute approximate surface area is 95.3 Å². The first-order valence-corrected chi connectivity index (χ1v) is 5.80. The van der Waals surface area contributed by atoms with Crippen molar-refractivity contribution < 1.29 is 9.50 Å². The molecule has 0 unspecified atom stereocenters. The summed E-state index contributed by atoms with van der Waals surface area (Å²) in [7, 11) is 0. The van der Waals surface area contributed by atoms with Crippen LogP contribution in [0.3, 0.4) is 0 Å². The summed E-state index contributed by atoms with van der Waals surface area (Å²) in [6, 6.07) is 7.01. The van der Waals surface area contributed by atoms with Gasteiger partial charge in [-0.05, 0) is 43.4 Å².